The molecule has 3 heteroatoms. The first-order chi connectivity index (χ1) is 6.20. The summed E-state index contributed by atoms with van der Waals surface area (Å²) in [6.45, 7) is 5.67. The number of benzene rings is 1. The van der Waals surface area contributed by atoms with Gasteiger partial charge < -0.3 is 15.6 Å². The van der Waals surface area contributed by atoms with Crippen LogP contribution in [0.4, 0.5) is 5.69 Å². The van der Waals surface area contributed by atoms with E-state index < -0.39 is 0 Å². The number of nitrogen functional groups attached to an aromatic ring is 1. The van der Waals surface area contributed by atoms with E-state index in [-0.39, 0.29) is 5.75 Å². The summed E-state index contributed by atoms with van der Waals surface area (Å²) < 4.78 is 4.83. The second-order valence-corrected chi connectivity index (χ2v) is 2.38. The van der Waals surface area contributed by atoms with E-state index in [9.17, 15) is 0 Å². The van der Waals surface area contributed by atoms with Crippen LogP contribution in [0.25, 0.3) is 0 Å². The normalized spacial score (nSPS) is 8.77. The molecule has 0 atom stereocenters. The maximum atomic E-state index is 8.73. The number of phenols is 1. The molecule has 0 radical (unpaired) electrons. The lowest BCUT2D eigenvalue weighted by Crippen LogP contribution is -1.84. The van der Waals surface area contributed by atoms with Gasteiger partial charge in [-0.2, -0.15) is 0 Å². The molecule has 3 N–H and O–H groups in total. The van der Waals surface area contributed by atoms with E-state index >= 15 is 0 Å². The topological polar surface area (TPSA) is 55.5 Å². The first-order valence-electron chi connectivity index (χ1n) is 4.33. The van der Waals surface area contributed by atoms with E-state index in [1.165, 1.54) is 6.07 Å². The van der Waals surface area contributed by atoms with Crippen LogP contribution in [-0.2, 0) is 4.74 Å². The molecule has 3 nitrogen and oxygen atoms in total. The summed E-state index contributed by atoms with van der Waals surface area (Å²) in [5.41, 5.74) is 5.89. The summed E-state index contributed by atoms with van der Waals surface area (Å²) in [4.78, 5) is 0. The fourth-order valence-electron chi connectivity index (χ4n) is 0.729. The van der Waals surface area contributed by atoms with Gasteiger partial charge in [0.15, 0.2) is 0 Å². The molecule has 1 aromatic carbocycles. The van der Waals surface area contributed by atoms with Gasteiger partial charge in [0, 0.05) is 25.0 Å². The standard InChI is InChI=1S/C6H7NO.C4H10O/c7-5-2-1-3-6(8)4-5;1-3-5-4-2/h1-4,8H,7H2;3-4H2,1-2H3. The van der Waals surface area contributed by atoms with Crippen LogP contribution in [0.3, 0.4) is 0 Å². The molecule has 0 bridgehead atoms. The van der Waals surface area contributed by atoms with E-state index in [0.29, 0.717) is 5.69 Å². The van der Waals surface area contributed by atoms with Crippen molar-refractivity contribution in [3.8, 4) is 5.75 Å². The fraction of sp³-hybridized carbons (Fsp3) is 0.400. The number of phenolic OH excluding ortho intramolecular Hbond substituents is 1. The van der Waals surface area contributed by atoms with Gasteiger partial charge in [-0.3, -0.25) is 0 Å². The van der Waals surface area contributed by atoms with Crippen LogP contribution in [0, 0.1) is 0 Å². The van der Waals surface area contributed by atoms with Gasteiger partial charge in [0.25, 0.3) is 0 Å². The number of nitrogens with two attached hydrogens (primary N) is 1. The lowest BCUT2D eigenvalue weighted by molar-refractivity contribution is 0.162. The fourth-order valence-corrected chi connectivity index (χ4v) is 0.729. The maximum absolute atomic E-state index is 8.73. The average Bonchev–Trinajstić information content (AvgIpc) is 2.06. The van der Waals surface area contributed by atoms with Crippen molar-refractivity contribution >= 4 is 5.69 Å². The molecular formula is C10H17NO2. The summed E-state index contributed by atoms with van der Waals surface area (Å²) in [6.07, 6.45) is 0. The Bertz CT molecular complexity index is 207. The average molecular weight is 183 g/mol. The van der Waals surface area contributed by atoms with Crippen LogP contribution in [0.1, 0.15) is 13.8 Å². The van der Waals surface area contributed by atoms with Crippen molar-refractivity contribution in [1.82, 2.24) is 0 Å². The van der Waals surface area contributed by atoms with E-state index in [4.69, 9.17) is 15.6 Å². The summed E-state index contributed by atoms with van der Waals surface area (Å²) >= 11 is 0. The SMILES string of the molecule is CCOCC.Nc1cccc(O)c1. The smallest absolute Gasteiger partial charge is 0.117 e. The highest BCUT2D eigenvalue weighted by atomic mass is 16.5. The van der Waals surface area contributed by atoms with E-state index in [2.05, 4.69) is 0 Å². The zero-order valence-corrected chi connectivity index (χ0v) is 8.16. The summed E-state index contributed by atoms with van der Waals surface area (Å²) in [5, 5.41) is 8.73. The van der Waals surface area contributed by atoms with Gasteiger partial charge in [-0.05, 0) is 26.0 Å². The highest BCUT2D eigenvalue weighted by molar-refractivity contribution is 5.42. The predicted octanol–water partition coefficient (Wildman–Crippen LogP) is 2.02. The molecule has 0 spiro atoms. The van der Waals surface area contributed by atoms with E-state index in [0.717, 1.165) is 13.2 Å². The second-order valence-electron chi connectivity index (χ2n) is 2.38. The van der Waals surface area contributed by atoms with Crippen LogP contribution in [0.5, 0.6) is 5.75 Å². The van der Waals surface area contributed by atoms with Crippen molar-refractivity contribution in [2.75, 3.05) is 18.9 Å². The molecule has 0 aliphatic heterocycles. The third-order valence-corrected chi connectivity index (χ3v) is 1.28. The third kappa shape index (κ3) is 7.15. The van der Waals surface area contributed by atoms with Crippen molar-refractivity contribution in [2.45, 2.75) is 13.8 Å². The lowest BCUT2D eigenvalue weighted by Gasteiger charge is -1.90. The molecule has 0 fully saturated rings. The number of ether oxygens (including phenoxy) is 1. The van der Waals surface area contributed by atoms with Gasteiger partial charge in [-0.15, -0.1) is 0 Å². The van der Waals surface area contributed by atoms with Crippen LogP contribution >= 0.6 is 0 Å². The largest absolute Gasteiger partial charge is 0.508 e. The lowest BCUT2D eigenvalue weighted by atomic mass is 10.3. The van der Waals surface area contributed by atoms with Gasteiger partial charge in [0.2, 0.25) is 0 Å². The molecule has 0 saturated heterocycles. The van der Waals surface area contributed by atoms with Gasteiger partial charge in [-0.25, -0.2) is 0 Å². The Kier molecular flexibility index (Phi) is 6.73. The van der Waals surface area contributed by atoms with Crippen LogP contribution < -0.4 is 5.73 Å². The second kappa shape index (κ2) is 7.43. The van der Waals surface area contributed by atoms with Gasteiger partial charge in [0.05, 0.1) is 0 Å². The number of anilines is 1. The molecule has 1 rings (SSSR count). The van der Waals surface area contributed by atoms with Crippen molar-refractivity contribution < 1.29 is 9.84 Å². The zero-order chi connectivity index (χ0) is 10.1. The summed E-state index contributed by atoms with van der Waals surface area (Å²) in [5.74, 6) is 0.213. The Hall–Kier alpha value is -1.22. The van der Waals surface area contributed by atoms with Crippen molar-refractivity contribution in [1.29, 1.82) is 0 Å². The molecule has 0 saturated carbocycles. The van der Waals surface area contributed by atoms with Crippen LogP contribution in [0.2, 0.25) is 0 Å². The molecule has 1 aromatic rings. The molecule has 0 unspecified atom stereocenters. The highest BCUT2D eigenvalue weighted by Crippen LogP contribution is 2.10. The van der Waals surface area contributed by atoms with Gasteiger partial charge in [-0.1, -0.05) is 6.07 Å². The Balaban J connectivity index is 0.000000252. The van der Waals surface area contributed by atoms with Gasteiger partial charge >= 0.3 is 0 Å². The first kappa shape index (κ1) is 11.8. The van der Waals surface area contributed by atoms with Crippen molar-refractivity contribution in [2.24, 2.45) is 0 Å². The predicted molar refractivity (Wildman–Crippen MR) is 54.7 cm³/mol. The molecule has 13 heavy (non-hydrogen) atoms. The molecule has 0 aliphatic rings. The van der Waals surface area contributed by atoms with E-state index in [1.54, 1.807) is 18.2 Å². The van der Waals surface area contributed by atoms with Crippen LogP contribution in [0.15, 0.2) is 24.3 Å². The monoisotopic (exact) mass is 183 g/mol. The molecule has 74 valence electrons. The van der Waals surface area contributed by atoms with Crippen molar-refractivity contribution in [3.05, 3.63) is 24.3 Å². The first-order valence-corrected chi connectivity index (χ1v) is 4.33. The Labute approximate surface area is 79.1 Å². The number of hydrogen-bond donors (Lipinski definition) is 2. The third-order valence-electron chi connectivity index (χ3n) is 1.28. The minimum atomic E-state index is 0.213. The summed E-state index contributed by atoms with van der Waals surface area (Å²) in [7, 11) is 0. The number of hydrogen-bond acceptors (Lipinski definition) is 3. The maximum Gasteiger partial charge on any atom is 0.117 e. The molecule has 0 amide bonds. The number of aromatic hydroxyl groups is 1. The van der Waals surface area contributed by atoms with E-state index in [1.807, 2.05) is 13.8 Å². The molecule has 0 aliphatic carbocycles. The van der Waals surface area contributed by atoms with Crippen molar-refractivity contribution in [3.63, 3.8) is 0 Å². The minimum absolute atomic E-state index is 0.213. The quantitative estimate of drug-likeness (QED) is 0.690. The number of rotatable bonds is 2. The zero-order valence-electron chi connectivity index (χ0n) is 8.16. The molecule has 0 aromatic heterocycles. The van der Waals surface area contributed by atoms with Crippen LogP contribution in [-0.4, -0.2) is 18.3 Å². The highest BCUT2D eigenvalue weighted by Gasteiger charge is 1.83. The Morgan fingerprint density at radius 2 is 1.92 bits per heavy atom. The molecule has 0 heterocycles. The summed E-state index contributed by atoms with van der Waals surface area (Å²) in [6, 6.07) is 6.50. The Morgan fingerprint density at radius 3 is 2.15 bits per heavy atom. The Morgan fingerprint density at radius 1 is 1.31 bits per heavy atom. The molecular weight excluding hydrogens is 166 g/mol. The van der Waals surface area contributed by atoms with Gasteiger partial charge in [0.1, 0.15) is 5.75 Å². The minimum Gasteiger partial charge on any atom is -0.508 e.